The van der Waals surface area contributed by atoms with Crippen LogP contribution in [-0.4, -0.2) is 69.8 Å². The average molecular weight is 466 g/mol. The number of benzene rings is 2. The van der Waals surface area contributed by atoms with E-state index in [1.165, 1.54) is 32.3 Å². The molecular formula is C21H24ClN3O5S. The van der Waals surface area contributed by atoms with Gasteiger partial charge < -0.3 is 15.0 Å². The number of morpholine rings is 1. The molecule has 0 aliphatic carbocycles. The Morgan fingerprint density at radius 3 is 2.45 bits per heavy atom. The fourth-order valence-electron chi connectivity index (χ4n) is 3.17. The van der Waals surface area contributed by atoms with Gasteiger partial charge in [-0.3, -0.25) is 9.59 Å². The number of carbonyl (C=O) groups is 2. The van der Waals surface area contributed by atoms with Crippen molar-refractivity contribution in [1.29, 1.82) is 0 Å². The summed E-state index contributed by atoms with van der Waals surface area (Å²) in [5, 5.41) is 2.79. The Balaban J connectivity index is 1.87. The van der Waals surface area contributed by atoms with Gasteiger partial charge in [0.05, 0.1) is 18.2 Å². The van der Waals surface area contributed by atoms with Gasteiger partial charge >= 0.3 is 0 Å². The Hall–Kier alpha value is -2.46. The van der Waals surface area contributed by atoms with Crippen LogP contribution in [0.15, 0.2) is 41.3 Å². The number of hydrogen-bond acceptors (Lipinski definition) is 5. The van der Waals surface area contributed by atoms with E-state index in [0.29, 0.717) is 43.1 Å². The van der Waals surface area contributed by atoms with Gasteiger partial charge in [-0.2, -0.15) is 0 Å². The van der Waals surface area contributed by atoms with Gasteiger partial charge in [-0.05, 0) is 42.8 Å². The van der Waals surface area contributed by atoms with Gasteiger partial charge in [0.1, 0.15) is 4.90 Å². The molecule has 1 aliphatic heterocycles. The van der Waals surface area contributed by atoms with E-state index in [2.05, 4.69) is 5.32 Å². The van der Waals surface area contributed by atoms with Crippen LogP contribution in [0.3, 0.4) is 0 Å². The highest BCUT2D eigenvalue weighted by molar-refractivity contribution is 7.89. The fourth-order valence-corrected chi connectivity index (χ4v) is 4.57. The van der Waals surface area contributed by atoms with Crippen molar-refractivity contribution < 1.29 is 22.7 Å². The van der Waals surface area contributed by atoms with Crippen LogP contribution >= 0.6 is 11.6 Å². The Labute approximate surface area is 186 Å². The third kappa shape index (κ3) is 4.90. The molecule has 0 saturated carbocycles. The number of sulfonamides is 1. The summed E-state index contributed by atoms with van der Waals surface area (Å²) in [5.41, 5.74) is 1.72. The van der Waals surface area contributed by atoms with E-state index < -0.39 is 15.9 Å². The van der Waals surface area contributed by atoms with Crippen molar-refractivity contribution in [2.45, 2.75) is 11.8 Å². The van der Waals surface area contributed by atoms with Crippen molar-refractivity contribution >= 4 is 39.1 Å². The predicted octanol–water partition coefficient (Wildman–Crippen LogP) is 2.62. The number of ether oxygens (including phenoxy) is 1. The predicted molar refractivity (Wildman–Crippen MR) is 118 cm³/mol. The molecule has 2 aromatic rings. The van der Waals surface area contributed by atoms with Crippen LogP contribution in [0.5, 0.6) is 0 Å². The molecular weight excluding hydrogens is 442 g/mol. The second-order valence-electron chi connectivity index (χ2n) is 7.27. The first kappa shape index (κ1) is 23.2. The molecule has 0 spiro atoms. The molecule has 0 atom stereocenters. The Bertz CT molecular complexity index is 1110. The summed E-state index contributed by atoms with van der Waals surface area (Å²) in [6, 6.07) is 9.16. The quantitative estimate of drug-likeness (QED) is 0.732. The van der Waals surface area contributed by atoms with Crippen molar-refractivity contribution in [1.82, 2.24) is 9.21 Å². The van der Waals surface area contributed by atoms with Gasteiger partial charge in [-0.1, -0.05) is 17.7 Å². The highest BCUT2D eigenvalue weighted by Crippen LogP contribution is 2.26. The van der Waals surface area contributed by atoms with Crippen LogP contribution < -0.4 is 5.32 Å². The van der Waals surface area contributed by atoms with Crippen molar-refractivity contribution in [2.75, 3.05) is 45.7 Å². The summed E-state index contributed by atoms with van der Waals surface area (Å²) >= 11 is 6.06. The Morgan fingerprint density at radius 1 is 1.13 bits per heavy atom. The third-order valence-electron chi connectivity index (χ3n) is 5.06. The molecule has 0 aromatic heterocycles. The van der Waals surface area contributed by atoms with Gasteiger partial charge in [-0.15, -0.1) is 0 Å². The second-order valence-corrected chi connectivity index (χ2v) is 9.80. The lowest BCUT2D eigenvalue weighted by Crippen LogP contribution is -2.41. The van der Waals surface area contributed by atoms with Crippen LogP contribution in [0, 0.1) is 6.92 Å². The highest BCUT2D eigenvalue weighted by Gasteiger charge is 2.24. The van der Waals surface area contributed by atoms with Crippen molar-refractivity contribution in [3.8, 4) is 0 Å². The summed E-state index contributed by atoms with van der Waals surface area (Å²) in [7, 11) is -1.04. The molecule has 0 bridgehead atoms. The number of nitrogens with zero attached hydrogens (tertiary/aromatic N) is 2. The summed E-state index contributed by atoms with van der Waals surface area (Å²) in [6.07, 6.45) is 0. The SMILES string of the molecule is Cc1c(NC(=O)c2ccc(Cl)c(S(=O)(=O)N(C)C)c2)cccc1C(=O)N1CCOCC1. The van der Waals surface area contributed by atoms with Crippen LogP contribution in [0.2, 0.25) is 5.02 Å². The van der Waals surface area contributed by atoms with Crippen LogP contribution in [0.25, 0.3) is 0 Å². The topological polar surface area (TPSA) is 96.0 Å². The molecule has 2 aromatic carbocycles. The summed E-state index contributed by atoms with van der Waals surface area (Å²) < 4.78 is 31.3. The molecule has 10 heteroatoms. The zero-order valence-electron chi connectivity index (χ0n) is 17.5. The summed E-state index contributed by atoms with van der Waals surface area (Å²) in [6.45, 7) is 3.78. The van der Waals surface area contributed by atoms with Gasteiger partial charge in [0.15, 0.2) is 0 Å². The number of nitrogens with one attached hydrogen (secondary N) is 1. The van der Waals surface area contributed by atoms with E-state index in [4.69, 9.17) is 16.3 Å². The molecule has 1 heterocycles. The first-order chi connectivity index (χ1) is 14.6. The third-order valence-corrected chi connectivity index (χ3v) is 7.36. The lowest BCUT2D eigenvalue weighted by molar-refractivity contribution is 0.0302. The molecule has 31 heavy (non-hydrogen) atoms. The zero-order chi connectivity index (χ0) is 22.8. The zero-order valence-corrected chi connectivity index (χ0v) is 19.1. The standard InChI is InChI=1S/C21H24ClN3O5S/c1-14-16(21(27)25-9-11-30-12-10-25)5-4-6-18(14)23-20(26)15-7-8-17(22)19(13-15)31(28,29)24(2)3/h4-8,13H,9-12H2,1-3H3,(H,23,26). The molecule has 1 fully saturated rings. The monoisotopic (exact) mass is 465 g/mol. The highest BCUT2D eigenvalue weighted by atomic mass is 35.5. The first-order valence-electron chi connectivity index (χ1n) is 9.63. The number of rotatable bonds is 5. The van der Waals surface area contributed by atoms with Gasteiger partial charge in [0, 0.05) is 44.0 Å². The molecule has 0 radical (unpaired) electrons. The van der Waals surface area contributed by atoms with E-state index in [1.54, 1.807) is 30.0 Å². The minimum absolute atomic E-state index is 0.0273. The minimum atomic E-state index is -3.81. The van der Waals surface area contributed by atoms with Crippen molar-refractivity contribution in [3.05, 3.63) is 58.1 Å². The van der Waals surface area contributed by atoms with Gasteiger partial charge in [0.25, 0.3) is 11.8 Å². The Kier molecular flexibility index (Phi) is 7.00. The maximum absolute atomic E-state index is 12.9. The lowest BCUT2D eigenvalue weighted by atomic mass is 10.0. The molecule has 0 unspecified atom stereocenters. The normalized spacial score (nSPS) is 14.5. The first-order valence-corrected chi connectivity index (χ1v) is 11.4. The lowest BCUT2D eigenvalue weighted by Gasteiger charge is -2.27. The Morgan fingerprint density at radius 2 is 1.81 bits per heavy atom. The summed E-state index contributed by atoms with van der Waals surface area (Å²) in [5.74, 6) is -0.631. The van der Waals surface area contributed by atoms with E-state index in [0.717, 1.165) is 4.31 Å². The van der Waals surface area contributed by atoms with Crippen molar-refractivity contribution in [2.24, 2.45) is 0 Å². The average Bonchev–Trinajstić information content (AvgIpc) is 2.75. The second kappa shape index (κ2) is 9.35. The van der Waals surface area contributed by atoms with Crippen molar-refractivity contribution in [3.63, 3.8) is 0 Å². The number of hydrogen-bond donors (Lipinski definition) is 1. The number of anilines is 1. The number of carbonyl (C=O) groups excluding carboxylic acids is 2. The van der Waals surface area contributed by atoms with Crippen LogP contribution in [0.1, 0.15) is 26.3 Å². The fraction of sp³-hybridized carbons (Fsp3) is 0.333. The molecule has 1 saturated heterocycles. The molecule has 1 aliphatic rings. The largest absolute Gasteiger partial charge is 0.378 e. The maximum Gasteiger partial charge on any atom is 0.255 e. The number of amides is 2. The number of halogens is 1. The minimum Gasteiger partial charge on any atom is -0.378 e. The van der Waals surface area contributed by atoms with Crippen LogP contribution in [-0.2, 0) is 14.8 Å². The molecule has 2 amide bonds. The maximum atomic E-state index is 12.9. The molecule has 166 valence electrons. The molecule has 1 N–H and O–H groups in total. The smallest absolute Gasteiger partial charge is 0.255 e. The molecule has 8 nitrogen and oxygen atoms in total. The van der Waals surface area contributed by atoms with E-state index in [9.17, 15) is 18.0 Å². The van der Waals surface area contributed by atoms with Crippen LogP contribution in [0.4, 0.5) is 5.69 Å². The molecule has 3 rings (SSSR count). The van der Waals surface area contributed by atoms with E-state index >= 15 is 0 Å². The summed E-state index contributed by atoms with van der Waals surface area (Å²) in [4.78, 5) is 27.3. The van der Waals surface area contributed by atoms with E-state index in [1.807, 2.05) is 0 Å². The van der Waals surface area contributed by atoms with Gasteiger partial charge in [-0.25, -0.2) is 12.7 Å². The van der Waals surface area contributed by atoms with E-state index in [-0.39, 0.29) is 21.4 Å². The van der Waals surface area contributed by atoms with Gasteiger partial charge in [0.2, 0.25) is 10.0 Å².